The Kier molecular flexibility index (Phi) is 838. The van der Waals surface area contributed by atoms with Crippen LogP contribution < -0.4 is 0 Å². The molecule has 0 atom stereocenters. The molecule has 0 fully saturated rings. The summed E-state index contributed by atoms with van der Waals surface area (Å²) in [5.41, 5.74) is 0. The summed E-state index contributed by atoms with van der Waals surface area (Å²) in [5, 5.41) is 0. The average Bonchev–Trinajstić information content (AvgIpc) is 0. The molecular formula is H4Cl4Fe2. The minimum atomic E-state index is 0. The van der Waals surface area contributed by atoms with E-state index in [9.17, 15) is 0 Å². The van der Waals surface area contributed by atoms with E-state index in [-0.39, 0.29) is 83.8 Å². The van der Waals surface area contributed by atoms with Gasteiger partial charge in [0, 0.05) is 34.1 Å². The van der Waals surface area contributed by atoms with Gasteiger partial charge in [-0.1, -0.05) is 0 Å². The van der Waals surface area contributed by atoms with Crippen molar-refractivity contribution in [1.29, 1.82) is 0 Å². The number of rotatable bonds is 0. The maximum absolute atomic E-state index is 0. The Morgan fingerprint density at radius 2 is 0.333 bits per heavy atom. The topological polar surface area (TPSA) is 0 Å². The smallest absolute Gasteiger partial charge is 0 e. The molecule has 0 amide bonds. The van der Waals surface area contributed by atoms with Crippen LogP contribution in [0.15, 0.2) is 0 Å². The molecule has 0 saturated heterocycles. The first-order valence-corrected chi connectivity index (χ1v) is 0. The first kappa shape index (κ1) is 87.9. The predicted molar refractivity (Wildman–Crippen MR) is 29.0 cm³/mol. The summed E-state index contributed by atoms with van der Waals surface area (Å²) < 4.78 is 0. The van der Waals surface area contributed by atoms with Gasteiger partial charge in [-0.15, -0.1) is 49.6 Å². The van der Waals surface area contributed by atoms with Gasteiger partial charge in [-0.05, 0) is 0 Å². The van der Waals surface area contributed by atoms with E-state index in [1.807, 2.05) is 0 Å². The fourth-order valence-electron chi connectivity index (χ4n) is 0. The van der Waals surface area contributed by atoms with Crippen LogP contribution in [-0.4, -0.2) is 0 Å². The van der Waals surface area contributed by atoms with Crippen LogP contribution in [-0.2, 0) is 34.1 Å². The van der Waals surface area contributed by atoms with Crippen molar-refractivity contribution in [1.82, 2.24) is 0 Å². The minimum absolute atomic E-state index is 0. The van der Waals surface area contributed by atoms with Crippen molar-refractivity contribution < 1.29 is 34.1 Å². The Morgan fingerprint density at radius 3 is 0.333 bits per heavy atom. The molecule has 48 valence electrons. The summed E-state index contributed by atoms with van der Waals surface area (Å²) in [4.78, 5) is 0. The van der Waals surface area contributed by atoms with Crippen molar-refractivity contribution in [3.05, 3.63) is 0 Å². The zero-order chi connectivity index (χ0) is 0. The first-order chi connectivity index (χ1) is 0. The van der Waals surface area contributed by atoms with E-state index in [0.717, 1.165) is 0 Å². The number of hydrogen-bond donors (Lipinski definition) is 0. The Bertz CT molecular complexity index is 5.51. The van der Waals surface area contributed by atoms with E-state index >= 15 is 0 Å². The fraction of sp³-hybridized carbons (Fsp3) is 0. The maximum atomic E-state index is 0. The van der Waals surface area contributed by atoms with Gasteiger partial charge in [0.05, 0.1) is 0 Å². The normalized spacial score (nSPS) is 0. The molecule has 0 heterocycles. The molecule has 0 unspecified atom stereocenters. The zero-order valence-corrected chi connectivity index (χ0v) is 7.81. The fourth-order valence-corrected chi connectivity index (χ4v) is 0. The third-order valence-electron chi connectivity index (χ3n) is 0. The van der Waals surface area contributed by atoms with E-state index < -0.39 is 0 Å². The Balaban J connectivity index is 0. The van der Waals surface area contributed by atoms with Gasteiger partial charge in [0.15, 0.2) is 0 Å². The van der Waals surface area contributed by atoms with Crippen LogP contribution in [0.3, 0.4) is 0 Å². The molecule has 6 heavy (non-hydrogen) atoms. The van der Waals surface area contributed by atoms with E-state index in [2.05, 4.69) is 0 Å². The van der Waals surface area contributed by atoms with Gasteiger partial charge in [-0.3, -0.25) is 0 Å². The standard InChI is InChI=1S/4ClH.2Fe/h4*1H;;. The van der Waals surface area contributed by atoms with Crippen LogP contribution >= 0.6 is 49.6 Å². The van der Waals surface area contributed by atoms with Gasteiger partial charge in [-0.25, -0.2) is 0 Å². The van der Waals surface area contributed by atoms with Crippen molar-refractivity contribution in [3.63, 3.8) is 0 Å². The van der Waals surface area contributed by atoms with Crippen LogP contribution in [0, 0.1) is 0 Å². The van der Waals surface area contributed by atoms with Crippen LogP contribution in [0.1, 0.15) is 0 Å². The SMILES string of the molecule is Cl.Cl.Cl.Cl.[Fe].[Fe]. The molecule has 0 aromatic heterocycles. The summed E-state index contributed by atoms with van der Waals surface area (Å²) in [6.45, 7) is 0. The zero-order valence-electron chi connectivity index (χ0n) is 2.34. The van der Waals surface area contributed by atoms with Crippen molar-refractivity contribution in [2.75, 3.05) is 0 Å². The van der Waals surface area contributed by atoms with Crippen LogP contribution in [0.2, 0.25) is 0 Å². The predicted octanol–water partition coefficient (Wildman–Crippen LogP) is 1.68. The van der Waals surface area contributed by atoms with Crippen LogP contribution in [0.5, 0.6) is 0 Å². The summed E-state index contributed by atoms with van der Waals surface area (Å²) in [7, 11) is 0. The van der Waals surface area contributed by atoms with Gasteiger partial charge in [0.2, 0.25) is 0 Å². The molecule has 0 bridgehead atoms. The Labute approximate surface area is 83.2 Å². The molecule has 6 heteroatoms. The molecule has 0 aliphatic carbocycles. The van der Waals surface area contributed by atoms with Crippen molar-refractivity contribution in [3.8, 4) is 0 Å². The van der Waals surface area contributed by atoms with Gasteiger partial charge in [0.1, 0.15) is 0 Å². The van der Waals surface area contributed by atoms with Crippen molar-refractivity contribution in [2.45, 2.75) is 0 Å². The second-order valence-electron chi connectivity index (χ2n) is 0. The second kappa shape index (κ2) is 57.2. The Morgan fingerprint density at radius 1 is 0.333 bits per heavy atom. The monoisotopic (exact) mass is 256 g/mol. The van der Waals surface area contributed by atoms with Crippen molar-refractivity contribution >= 4 is 49.6 Å². The van der Waals surface area contributed by atoms with Gasteiger partial charge in [-0.2, -0.15) is 0 Å². The van der Waals surface area contributed by atoms with E-state index in [0.29, 0.717) is 0 Å². The molecule has 0 radical (unpaired) electrons. The average molecular weight is 258 g/mol. The molecule has 0 aromatic carbocycles. The summed E-state index contributed by atoms with van der Waals surface area (Å²) >= 11 is 0. The van der Waals surface area contributed by atoms with Crippen LogP contribution in [0.4, 0.5) is 0 Å². The molecule has 0 spiro atoms. The van der Waals surface area contributed by atoms with E-state index in [4.69, 9.17) is 0 Å². The molecular weight excluding hydrogens is 254 g/mol. The molecule has 0 N–H and O–H groups in total. The number of hydrogen-bond acceptors (Lipinski definition) is 0. The molecule has 0 aromatic rings. The third kappa shape index (κ3) is 34.7. The molecule has 0 aliphatic heterocycles. The van der Waals surface area contributed by atoms with E-state index in [1.54, 1.807) is 0 Å². The van der Waals surface area contributed by atoms with Crippen molar-refractivity contribution in [2.24, 2.45) is 0 Å². The molecule has 0 aliphatic rings. The minimum Gasteiger partial charge on any atom is -0.147 e. The van der Waals surface area contributed by atoms with Gasteiger partial charge in [0.25, 0.3) is 0 Å². The first-order valence-electron chi connectivity index (χ1n) is 0. The van der Waals surface area contributed by atoms with Crippen LogP contribution in [0.25, 0.3) is 0 Å². The summed E-state index contributed by atoms with van der Waals surface area (Å²) in [6, 6.07) is 0. The summed E-state index contributed by atoms with van der Waals surface area (Å²) in [6.07, 6.45) is 0. The Hall–Kier alpha value is 2.20. The largest absolute Gasteiger partial charge is 0.147 e. The quantitative estimate of drug-likeness (QED) is 0.579. The molecule has 0 rings (SSSR count). The molecule has 0 nitrogen and oxygen atoms in total. The maximum Gasteiger partial charge on any atom is 0 e. The van der Waals surface area contributed by atoms with Gasteiger partial charge < -0.3 is 0 Å². The number of halogens is 4. The molecule has 0 saturated carbocycles. The summed E-state index contributed by atoms with van der Waals surface area (Å²) in [5.74, 6) is 0. The van der Waals surface area contributed by atoms with E-state index in [1.165, 1.54) is 0 Å². The third-order valence-corrected chi connectivity index (χ3v) is 0. The van der Waals surface area contributed by atoms with Gasteiger partial charge >= 0.3 is 0 Å². The second-order valence-corrected chi connectivity index (χ2v) is 0.